The number of fused-ring (bicyclic) bond motifs is 2. The first-order valence-corrected chi connectivity index (χ1v) is 26.5. The van der Waals surface area contributed by atoms with Crippen molar-refractivity contribution in [1.82, 2.24) is 34.3 Å². The van der Waals surface area contributed by atoms with E-state index in [1.807, 2.05) is 14.2 Å². The van der Waals surface area contributed by atoms with E-state index in [4.69, 9.17) is 17.2 Å². The number of carbonyl (C=O) groups is 4. The van der Waals surface area contributed by atoms with Crippen LogP contribution in [-0.2, 0) is 65.8 Å². The first-order chi connectivity index (χ1) is 32.9. The van der Waals surface area contributed by atoms with Crippen LogP contribution in [0.15, 0.2) is 54.1 Å². The second-order valence-corrected chi connectivity index (χ2v) is 22.5. The number of rotatable bonds is 9. The Hall–Kier alpha value is -6.18. The van der Waals surface area contributed by atoms with Crippen LogP contribution in [0.25, 0.3) is 11.0 Å². The Morgan fingerprint density at radius 3 is 1.33 bits per heavy atom. The molecule has 5 aromatic rings. The molecule has 27 nitrogen and oxygen atoms in total. The van der Waals surface area contributed by atoms with Crippen molar-refractivity contribution in [3.63, 3.8) is 0 Å². The van der Waals surface area contributed by atoms with Gasteiger partial charge >= 0.3 is 0 Å². The standard InChI is InChI=1S/C11H13N3O3S.C10H12N4O3S.C10H13N3O5S.C10H15N3O3S.CH4.2HI/c1-6-4-10-9(5-12-13-10)7(2)11(6)18(16,17)14-8(3)15;1-5-4-8-9(12-14-11-8)6(2)10(5)18(16,17)13-7(3)15;1-5-4-8(11)9(13(15)16)6(2)10(5)19(17,18)12-7(3)14;1-5-4-8(11)9(12)6(2)10(5)17(15,16)13-7(3)14;;;/h4H,5H2,1-3H3,(H,14,15);4H,1-3H3,(H,13,15)(H,11,12,14);4H,11H2,1-3H3,(H,12,14);4H,11-12H2,1-3H3,(H,13,14);1H4;2*1H. The van der Waals surface area contributed by atoms with Crippen molar-refractivity contribution < 1.29 is 57.8 Å². The number of amides is 4. The number of nitrogens with one attached hydrogen (secondary N) is 5. The maximum atomic E-state index is 12.1. The van der Waals surface area contributed by atoms with Crippen molar-refractivity contribution in [3.05, 3.63) is 84.5 Å². The zero-order valence-corrected chi connectivity index (χ0v) is 49.6. The number of carbonyl (C=O) groups excluding carboxylic acids is 4. The minimum atomic E-state index is -4.15. The zero-order chi connectivity index (χ0) is 55.3. The summed E-state index contributed by atoms with van der Waals surface area (Å²) in [5, 5.41) is 29.0. The molecule has 33 heteroatoms. The quantitative estimate of drug-likeness (QED) is 0.0420. The predicted octanol–water partition coefficient (Wildman–Crippen LogP) is 4.91. The number of anilines is 3. The highest BCUT2D eigenvalue weighted by atomic mass is 127. The first-order valence-electron chi connectivity index (χ1n) is 20.5. The minimum absolute atomic E-state index is 0. The lowest BCUT2D eigenvalue weighted by atomic mass is 10.0. The fourth-order valence-electron chi connectivity index (χ4n) is 7.60. The van der Waals surface area contributed by atoms with Crippen molar-refractivity contribution in [2.24, 2.45) is 10.2 Å². The molecule has 0 bridgehead atoms. The Bertz CT molecular complexity index is 3590. The van der Waals surface area contributed by atoms with Gasteiger partial charge in [0.2, 0.25) is 23.6 Å². The summed E-state index contributed by atoms with van der Waals surface area (Å²) in [4.78, 5) is 53.7. The van der Waals surface area contributed by atoms with Crippen LogP contribution < -0.4 is 36.1 Å². The average molecular weight is 1350 g/mol. The maximum absolute atomic E-state index is 12.1. The summed E-state index contributed by atoms with van der Waals surface area (Å²) in [6.45, 7) is 17.4. The number of nitro benzene ring substituents is 1. The number of aryl methyl sites for hydroxylation is 5. The molecule has 0 saturated heterocycles. The molecule has 0 saturated carbocycles. The van der Waals surface area contributed by atoms with Gasteiger partial charge in [-0.05, 0) is 119 Å². The largest absolute Gasteiger partial charge is 0.397 e. The predicted molar refractivity (Wildman–Crippen MR) is 301 cm³/mol. The number of sulfonamides is 4. The second kappa shape index (κ2) is 26.5. The van der Waals surface area contributed by atoms with Crippen LogP contribution in [-0.4, -0.2) is 77.6 Å². The number of halogens is 2. The molecule has 6 rings (SSSR count). The lowest BCUT2D eigenvalue weighted by Crippen LogP contribution is -2.29. The third-order valence-electron chi connectivity index (χ3n) is 10.1. The molecule has 414 valence electrons. The molecule has 75 heavy (non-hydrogen) atoms. The molecule has 1 aromatic heterocycles. The summed E-state index contributed by atoms with van der Waals surface area (Å²) in [6.07, 6.45) is 0. The van der Waals surface area contributed by atoms with Crippen LogP contribution in [0.4, 0.5) is 28.4 Å². The van der Waals surface area contributed by atoms with Gasteiger partial charge in [-0.1, -0.05) is 7.43 Å². The fraction of sp³-hybridized carbons (Fsp3) is 0.333. The van der Waals surface area contributed by atoms with E-state index in [1.165, 1.54) is 32.9 Å². The Labute approximate surface area is 468 Å². The zero-order valence-electron chi connectivity index (χ0n) is 41.6. The highest BCUT2D eigenvalue weighted by Gasteiger charge is 2.30. The van der Waals surface area contributed by atoms with E-state index in [0.717, 1.165) is 26.3 Å². The molecule has 4 aromatic carbocycles. The Kier molecular flexibility index (Phi) is 24.4. The lowest BCUT2D eigenvalue weighted by molar-refractivity contribution is -0.384. The molecule has 0 radical (unpaired) electrons. The molecule has 1 aliphatic rings. The summed E-state index contributed by atoms with van der Waals surface area (Å²) in [7, 11) is -15.7. The number of aromatic nitrogens is 3. The third-order valence-corrected chi connectivity index (χ3v) is 16.9. The number of nitro groups is 1. The summed E-state index contributed by atoms with van der Waals surface area (Å²) in [5.41, 5.74) is 22.4. The maximum Gasteiger partial charge on any atom is 0.296 e. The molecular weight excluding hydrogens is 1290 g/mol. The molecular formula is C42H59I2N13O14S4. The fourth-order valence-corrected chi connectivity index (χ4v) is 13.5. The first kappa shape index (κ1) is 68.8. The molecule has 11 N–H and O–H groups in total. The molecule has 4 amide bonds. The van der Waals surface area contributed by atoms with Crippen LogP contribution in [0.3, 0.4) is 0 Å². The molecule has 1 aliphatic heterocycles. The van der Waals surface area contributed by atoms with Gasteiger partial charge in [0.05, 0.1) is 43.2 Å². The van der Waals surface area contributed by atoms with Gasteiger partial charge in [0.15, 0.2) is 0 Å². The number of H-pyrrole nitrogens is 1. The van der Waals surface area contributed by atoms with Crippen molar-refractivity contribution >= 4 is 151 Å². The molecule has 0 aliphatic carbocycles. The number of hydrogen-bond donors (Lipinski definition) is 8. The van der Waals surface area contributed by atoms with Crippen LogP contribution in [0.5, 0.6) is 0 Å². The average Bonchev–Trinajstić information content (AvgIpc) is 3.85. The van der Waals surface area contributed by atoms with Crippen molar-refractivity contribution in [3.8, 4) is 0 Å². The van der Waals surface area contributed by atoms with Crippen LogP contribution in [0, 0.1) is 65.5 Å². The topological polar surface area (TPSA) is 440 Å². The van der Waals surface area contributed by atoms with E-state index >= 15 is 0 Å². The van der Waals surface area contributed by atoms with Crippen LogP contribution in [0.2, 0.25) is 0 Å². The Morgan fingerprint density at radius 2 is 0.920 bits per heavy atom. The smallest absolute Gasteiger partial charge is 0.296 e. The van der Waals surface area contributed by atoms with E-state index < -0.39 is 74.3 Å². The van der Waals surface area contributed by atoms with Gasteiger partial charge in [-0.2, -0.15) is 25.6 Å². The monoisotopic (exact) mass is 1350 g/mol. The summed E-state index contributed by atoms with van der Waals surface area (Å²) in [5.74, 6) is -2.67. The summed E-state index contributed by atoms with van der Waals surface area (Å²) < 4.78 is 104. The number of nitrogens with two attached hydrogens (primary N) is 3. The SMILES string of the molecule is C.CC(=O)NS(=O)(=O)c1c(C)cc(N)c(N)c1C.CC(=O)NS(=O)(=O)c1c(C)cc(N)c([N+](=O)[O-])c1C.CC(=O)NS(=O)(=O)c1c(C)cc2c(c1C)CN=N2.CC(=O)NS(=O)(=O)c1c(C)cc2n[nH]nc2c1C.I.I. The second-order valence-electron chi connectivity index (χ2n) is 16.0. The number of aromatic amines is 1. The van der Waals surface area contributed by atoms with E-state index in [1.54, 1.807) is 58.4 Å². The van der Waals surface area contributed by atoms with E-state index in [2.05, 4.69) is 25.6 Å². The highest BCUT2D eigenvalue weighted by Crippen LogP contribution is 2.36. The molecule has 0 unspecified atom stereocenters. The highest BCUT2D eigenvalue weighted by molar-refractivity contribution is 14.0. The van der Waals surface area contributed by atoms with Crippen molar-refractivity contribution in [2.45, 2.75) is 117 Å². The number of hydrogen-bond acceptors (Lipinski definition) is 21. The lowest BCUT2D eigenvalue weighted by Gasteiger charge is -2.14. The van der Waals surface area contributed by atoms with E-state index in [0.29, 0.717) is 62.3 Å². The van der Waals surface area contributed by atoms with Gasteiger partial charge in [0, 0.05) is 38.8 Å². The molecule has 2 heterocycles. The number of nitrogens with zero attached hydrogens (tertiary/aromatic N) is 5. The third kappa shape index (κ3) is 16.4. The molecule has 0 fully saturated rings. The van der Waals surface area contributed by atoms with Crippen LogP contribution in [0.1, 0.15) is 85.2 Å². The van der Waals surface area contributed by atoms with Crippen LogP contribution >= 0.6 is 48.0 Å². The number of nitrogen functional groups attached to an aromatic ring is 3. The van der Waals surface area contributed by atoms with Gasteiger partial charge in [-0.25, -0.2) is 52.6 Å². The van der Waals surface area contributed by atoms with Crippen molar-refractivity contribution in [2.75, 3.05) is 17.2 Å². The minimum Gasteiger partial charge on any atom is -0.397 e. The summed E-state index contributed by atoms with van der Waals surface area (Å²) >= 11 is 0. The normalized spacial score (nSPS) is 11.4. The van der Waals surface area contributed by atoms with E-state index in [-0.39, 0.29) is 97.5 Å². The summed E-state index contributed by atoms with van der Waals surface area (Å²) in [6, 6.07) is 5.95. The Balaban J connectivity index is 0.000000961. The van der Waals surface area contributed by atoms with Gasteiger partial charge in [0.1, 0.15) is 21.6 Å². The number of azo groups is 1. The molecule has 0 spiro atoms. The van der Waals surface area contributed by atoms with Gasteiger partial charge < -0.3 is 17.2 Å². The Morgan fingerprint density at radius 1 is 0.560 bits per heavy atom. The van der Waals surface area contributed by atoms with Crippen molar-refractivity contribution in [1.29, 1.82) is 0 Å². The van der Waals surface area contributed by atoms with Gasteiger partial charge in [-0.15, -0.1) is 48.0 Å². The van der Waals surface area contributed by atoms with E-state index in [9.17, 15) is 63.0 Å². The van der Waals surface area contributed by atoms with Gasteiger partial charge in [0.25, 0.3) is 45.8 Å². The molecule has 0 atom stereocenters. The van der Waals surface area contributed by atoms with Gasteiger partial charge in [-0.3, -0.25) is 29.3 Å². The number of benzene rings is 4.